The number of aromatic nitrogens is 2. The van der Waals surface area contributed by atoms with Crippen LogP contribution in [0.2, 0.25) is 0 Å². The van der Waals surface area contributed by atoms with Crippen LogP contribution < -0.4 is 0 Å². The fourth-order valence-corrected chi connectivity index (χ4v) is 5.57. The van der Waals surface area contributed by atoms with E-state index in [1.165, 1.54) is 0 Å². The minimum atomic E-state index is -0.478. The summed E-state index contributed by atoms with van der Waals surface area (Å²) in [6.45, 7) is 0.371. The van der Waals surface area contributed by atoms with E-state index in [9.17, 15) is 10.1 Å². The molecule has 1 aliphatic carbocycles. The monoisotopic (exact) mass is 564 g/mol. The van der Waals surface area contributed by atoms with Crippen molar-refractivity contribution in [1.82, 2.24) is 14.9 Å². The number of carbonyl (C=O) groups excluding carboxylic acids is 1. The van der Waals surface area contributed by atoms with Crippen LogP contribution >= 0.6 is 31.9 Å². The highest BCUT2D eigenvalue weighted by molar-refractivity contribution is 9.11. The number of rotatable bonds is 6. The molecule has 0 saturated heterocycles. The minimum absolute atomic E-state index is 0.0524. The van der Waals surface area contributed by atoms with Crippen molar-refractivity contribution in [3.05, 3.63) is 98.5 Å². The number of hydrogen-bond donors (Lipinski definition) is 0. The molecule has 1 aromatic carbocycles. The van der Waals surface area contributed by atoms with E-state index in [2.05, 4.69) is 60.0 Å². The zero-order chi connectivity index (χ0) is 23.3. The lowest BCUT2D eigenvalue weighted by molar-refractivity contribution is -0.134. The van der Waals surface area contributed by atoms with Gasteiger partial charge in [-0.2, -0.15) is 5.26 Å². The lowest BCUT2D eigenvalue weighted by Gasteiger charge is -2.42. The van der Waals surface area contributed by atoms with Crippen LogP contribution in [0.5, 0.6) is 0 Å². The summed E-state index contributed by atoms with van der Waals surface area (Å²) in [5, 5.41) is 9.99. The van der Waals surface area contributed by atoms with Gasteiger partial charge in [0.1, 0.15) is 11.6 Å². The molecule has 3 aromatic rings. The second-order valence-electron chi connectivity index (χ2n) is 8.05. The highest BCUT2D eigenvalue weighted by atomic mass is 79.9. The van der Waals surface area contributed by atoms with Crippen LogP contribution in [-0.2, 0) is 16.9 Å². The van der Waals surface area contributed by atoms with Crippen LogP contribution in [0, 0.1) is 11.3 Å². The topological polar surface area (TPSA) is 69.9 Å². The first-order valence-electron chi connectivity index (χ1n) is 10.7. The maximum atomic E-state index is 14.0. The third-order valence-corrected chi connectivity index (χ3v) is 7.10. The second-order valence-corrected chi connectivity index (χ2v) is 9.82. The van der Waals surface area contributed by atoms with Crippen molar-refractivity contribution in [1.29, 1.82) is 5.26 Å². The summed E-state index contributed by atoms with van der Waals surface area (Å²) in [5.74, 6) is -0.302. The Kier molecular flexibility index (Phi) is 7.36. The Balaban J connectivity index is 1.81. The predicted octanol–water partition coefficient (Wildman–Crippen LogP) is 6.41. The highest BCUT2D eigenvalue weighted by Crippen LogP contribution is 2.45. The third kappa shape index (κ3) is 5.07. The van der Waals surface area contributed by atoms with E-state index in [1.807, 2.05) is 41.3 Å². The lowest BCUT2D eigenvalue weighted by Crippen LogP contribution is -2.48. The fourth-order valence-electron chi connectivity index (χ4n) is 4.47. The Hall–Kier alpha value is -2.82. The molecule has 33 heavy (non-hydrogen) atoms. The number of nitrogens with zero attached hydrogens (tertiary/aromatic N) is 4. The molecule has 0 unspecified atom stereocenters. The number of nitriles is 1. The zero-order valence-electron chi connectivity index (χ0n) is 17.9. The number of carbonyl (C=O) groups is 1. The normalized spacial score (nSPS) is 15.1. The first-order valence-corrected chi connectivity index (χ1v) is 12.3. The van der Waals surface area contributed by atoms with E-state index in [-0.39, 0.29) is 11.5 Å². The van der Waals surface area contributed by atoms with Crippen molar-refractivity contribution >= 4 is 43.8 Å². The molecule has 0 spiro atoms. The summed E-state index contributed by atoms with van der Waals surface area (Å²) < 4.78 is 1.51. The smallest absolute Gasteiger partial charge is 0.265 e. The minimum Gasteiger partial charge on any atom is -0.324 e. The molecular weight excluding hydrogens is 544 g/mol. The molecule has 0 radical (unpaired) electrons. The number of benzene rings is 1. The van der Waals surface area contributed by atoms with E-state index in [0.29, 0.717) is 16.7 Å². The molecule has 1 saturated carbocycles. The average molecular weight is 566 g/mol. The highest BCUT2D eigenvalue weighted by Gasteiger charge is 2.44. The molecule has 1 fully saturated rings. The number of pyridine rings is 2. The molecule has 4 rings (SSSR count). The molecule has 0 aliphatic heterocycles. The Morgan fingerprint density at radius 2 is 1.88 bits per heavy atom. The van der Waals surface area contributed by atoms with Gasteiger partial charge in [0, 0.05) is 34.1 Å². The van der Waals surface area contributed by atoms with Crippen molar-refractivity contribution in [3.63, 3.8) is 0 Å². The van der Waals surface area contributed by atoms with Gasteiger partial charge in [-0.3, -0.25) is 14.8 Å². The molecule has 1 aliphatic rings. The van der Waals surface area contributed by atoms with Gasteiger partial charge in [0.05, 0.1) is 11.2 Å². The Morgan fingerprint density at radius 1 is 1.12 bits per heavy atom. The van der Waals surface area contributed by atoms with E-state index in [0.717, 1.165) is 41.3 Å². The summed E-state index contributed by atoms with van der Waals surface area (Å²) in [4.78, 5) is 24.5. The van der Waals surface area contributed by atoms with Crippen LogP contribution in [0.15, 0.2) is 81.6 Å². The summed E-state index contributed by atoms with van der Waals surface area (Å²) >= 11 is 6.87. The van der Waals surface area contributed by atoms with Crippen LogP contribution in [0.1, 0.15) is 42.5 Å². The van der Waals surface area contributed by atoms with E-state index in [4.69, 9.17) is 0 Å². The first-order chi connectivity index (χ1) is 16.0. The quantitative estimate of drug-likeness (QED) is 0.256. The summed E-state index contributed by atoms with van der Waals surface area (Å²) in [6, 6.07) is 18.0. The fraction of sp³-hybridized carbons (Fsp3) is 0.231. The van der Waals surface area contributed by atoms with Crippen LogP contribution in [-0.4, -0.2) is 20.8 Å². The van der Waals surface area contributed by atoms with Gasteiger partial charge < -0.3 is 4.90 Å². The Labute approximate surface area is 210 Å². The molecule has 2 heterocycles. The van der Waals surface area contributed by atoms with Crippen LogP contribution in [0.25, 0.3) is 6.08 Å². The van der Waals surface area contributed by atoms with Gasteiger partial charge >= 0.3 is 0 Å². The molecule has 5 nitrogen and oxygen atoms in total. The lowest BCUT2D eigenvalue weighted by atomic mass is 9.85. The molecule has 2 aromatic heterocycles. The summed E-state index contributed by atoms with van der Waals surface area (Å²) in [7, 11) is 0. The maximum Gasteiger partial charge on any atom is 0.265 e. The van der Waals surface area contributed by atoms with Gasteiger partial charge in [-0.1, -0.05) is 49.2 Å². The standard InChI is InChI=1S/C26H22Br2N4O/c27-22-14-23(28)24(31-17-22)13-20(15-29)25(33)32(18-19-7-6-12-30-16-19)26(10-4-5-11-26)21-8-2-1-3-9-21/h1-3,6-9,12-14,16-17H,4-5,10-11,18H2/b20-13+. The third-order valence-electron chi connectivity index (χ3n) is 6.04. The van der Waals surface area contributed by atoms with Gasteiger partial charge in [-0.25, -0.2) is 0 Å². The number of amides is 1. The molecule has 0 atom stereocenters. The molecule has 0 bridgehead atoms. The first kappa shape index (κ1) is 23.3. The molecule has 0 N–H and O–H groups in total. The van der Waals surface area contributed by atoms with Crippen molar-refractivity contribution in [2.45, 2.75) is 37.8 Å². The van der Waals surface area contributed by atoms with Gasteiger partial charge in [0.2, 0.25) is 0 Å². The van der Waals surface area contributed by atoms with E-state index >= 15 is 0 Å². The molecule has 1 amide bonds. The molecular formula is C26H22Br2N4O. The second kappa shape index (κ2) is 10.4. The van der Waals surface area contributed by atoms with Gasteiger partial charge in [0.15, 0.2) is 0 Å². The summed E-state index contributed by atoms with van der Waals surface area (Å²) in [5.41, 5.74) is 2.13. The maximum absolute atomic E-state index is 14.0. The molecule has 7 heteroatoms. The zero-order valence-corrected chi connectivity index (χ0v) is 21.1. The Bertz CT molecular complexity index is 1200. The van der Waals surface area contributed by atoms with Crippen LogP contribution in [0.4, 0.5) is 0 Å². The SMILES string of the molecule is N#C/C(=C\c1ncc(Br)cc1Br)C(=O)N(Cc1cccnc1)C1(c2ccccc2)CCCC1. The van der Waals surface area contributed by atoms with Gasteiger partial charge in [0.25, 0.3) is 5.91 Å². The van der Waals surface area contributed by atoms with E-state index in [1.54, 1.807) is 24.7 Å². The van der Waals surface area contributed by atoms with Crippen molar-refractivity contribution in [2.24, 2.45) is 0 Å². The average Bonchev–Trinajstić information content (AvgIpc) is 3.34. The van der Waals surface area contributed by atoms with Crippen molar-refractivity contribution in [2.75, 3.05) is 0 Å². The number of hydrogen-bond acceptors (Lipinski definition) is 4. The van der Waals surface area contributed by atoms with Gasteiger partial charge in [-0.15, -0.1) is 0 Å². The van der Waals surface area contributed by atoms with Gasteiger partial charge in [-0.05, 0) is 74.0 Å². The molecule has 166 valence electrons. The predicted molar refractivity (Wildman–Crippen MR) is 135 cm³/mol. The van der Waals surface area contributed by atoms with Crippen molar-refractivity contribution in [3.8, 4) is 6.07 Å². The summed E-state index contributed by atoms with van der Waals surface area (Å²) in [6.07, 6.45) is 10.4. The van der Waals surface area contributed by atoms with Crippen LogP contribution in [0.3, 0.4) is 0 Å². The van der Waals surface area contributed by atoms with Crippen molar-refractivity contribution < 1.29 is 4.79 Å². The number of halogens is 2. The van der Waals surface area contributed by atoms with E-state index < -0.39 is 5.54 Å². The Morgan fingerprint density at radius 3 is 2.52 bits per heavy atom. The largest absolute Gasteiger partial charge is 0.324 e.